The number of hydrogen-bond acceptors (Lipinski definition) is 3. The van der Waals surface area contributed by atoms with E-state index in [-0.39, 0.29) is 24.3 Å². The van der Waals surface area contributed by atoms with Gasteiger partial charge in [0.1, 0.15) is 11.4 Å². The van der Waals surface area contributed by atoms with Crippen LogP contribution in [0, 0.1) is 0 Å². The van der Waals surface area contributed by atoms with E-state index in [1.54, 1.807) is 12.1 Å². The smallest absolute Gasteiger partial charge is 0.319 e. The molecule has 1 aromatic carbocycles. The number of hydrogen-bond donors (Lipinski definition) is 3. The van der Waals surface area contributed by atoms with Crippen molar-refractivity contribution in [3.8, 4) is 5.75 Å². The molecule has 1 atom stereocenters. The van der Waals surface area contributed by atoms with Crippen LogP contribution in [0.2, 0.25) is 0 Å². The molecule has 0 aliphatic rings. The van der Waals surface area contributed by atoms with E-state index in [1.165, 1.54) is 0 Å². The van der Waals surface area contributed by atoms with Crippen LogP contribution in [0.15, 0.2) is 24.3 Å². The molecule has 0 aliphatic heterocycles. The van der Waals surface area contributed by atoms with Crippen molar-refractivity contribution < 1.29 is 14.6 Å². The van der Waals surface area contributed by atoms with Gasteiger partial charge in [0, 0.05) is 18.3 Å². The molecule has 20 heavy (non-hydrogen) atoms. The van der Waals surface area contributed by atoms with Crippen molar-refractivity contribution in [3.05, 3.63) is 24.3 Å². The summed E-state index contributed by atoms with van der Waals surface area (Å²) in [7, 11) is 0. The molecule has 5 nitrogen and oxygen atoms in total. The standard InChI is InChI=1S/C15H24N2O3/c1-11(9-10-18)16-14(19)17-12-5-7-13(8-6-12)20-15(2,3)4/h5-8,11,18H,9-10H2,1-4H3,(H2,16,17,19)/t11-/m1/s1. The van der Waals surface area contributed by atoms with E-state index in [1.807, 2.05) is 39.8 Å². The van der Waals surface area contributed by atoms with E-state index in [4.69, 9.17) is 9.84 Å². The average Bonchev–Trinajstić information content (AvgIpc) is 2.30. The third-order valence-corrected chi connectivity index (χ3v) is 2.48. The molecule has 0 radical (unpaired) electrons. The Morgan fingerprint density at radius 1 is 1.30 bits per heavy atom. The summed E-state index contributed by atoms with van der Waals surface area (Å²) in [5.41, 5.74) is 0.450. The fraction of sp³-hybridized carbons (Fsp3) is 0.533. The van der Waals surface area contributed by atoms with Crippen molar-refractivity contribution in [1.29, 1.82) is 0 Å². The van der Waals surface area contributed by atoms with Crippen molar-refractivity contribution in [2.75, 3.05) is 11.9 Å². The molecule has 0 saturated carbocycles. The molecule has 3 N–H and O–H groups in total. The average molecular weight is 280 g/mol. The molecule has 0 saturated heterocycles. The van der Waals surface area contributed by atoms with Gasteiger partial charge >= 0.3 is 6.03 Å². The number of aliphatic hydroxyl groups is 1. The molecule has 0 heterocycles. The van der Waals surface area contributed by atoms with E-state index in [9.17, 15) is 4.79 Å². The Balaban J connectivity index is 2.51. The predicted octanol–water partition coefficient (Wildman–Crippen LogP) is 2.76. The first-order chi connectivity index (χ1) is 9.30. The Bertz CT molecular complexity index is 424. The maximum atomic E-state index is 11.7. The molecule has 0 fully saturated rings. The Hall–Kier alpha value is -1.75. The normalized spacial score (nSPS) is 12.7. The minimum Gasteiger partial charge on any atom is -0.488 e. The lowest BCUT2D eigenvalue weighted by atomic mass is 10.2. The SMILES string of the molecule is C[C@H](CCO)NC(=O)Nc1ccc(OC(C)(C)C)cc1. The van der Waals surface area contributed by atoms with Crippen LogP contribution in [0.25, 0.3) is 0 Å². The van der Waals surface area contributed by atoms with Gasteiger partial charge < -0.3 is 20.5 Å². The van der Waals surface area contributed by atoms with Crippen molar-refractivity contribution >= 4 is 11.7 Å². The van der Waals surface area contributed by atoms with Crippen LogP contribution in [-0.4, -0.2) is 29.4 Å². The summed E-state index contributed by atoms with van der Waals surface area (Å²) in [6, 6.07) is 6.86. The first kappa shape index (κ1) is 16.3. The van der Waals surface area contributed by atoms with Gasteiger partial charge in [-0.25, -0.2) is 4.79 Å². The second-order valence-electron chi connectivity index (χ2n) is 5.75. The number of amides is 2. The van der Waals surface area contributed by atoms with Gasteiger partial charge in [-0.3, -0.25) is 0 Å². The van der Waals surface area contributed by atoms with Crippen molar-refractivity contribution in [1.82, 2.24) is 5.32 Å². The number of aliphatic hydroxyl groups excluding tert-OH is 1. The summed E-state index contributed by atoms with van der Waals surface area (Å²) in [5, 5.41) is 14.3. The zero-order valence-corrected chi connectivity index (χ0v) is 12.6. The van der Waals surface area contributed by atoms with Gasteiger partial charge in [-0.05, 0) is 58.4 Å². The zero-order valence-electron chi connectivity index (χ0n) is 12.6. The summed E-state index contributed by atoms with van der Waals surface area (Å²) in [6.07, 6.45) is 0.534. The molecule has 2 amide bonds. The summed E-state index contributed by atoms with van der Waals surface area (Å²) < 4.78 is 5.70. The number of nitrogens with one attached hydrogen (secondary N) is 2. The third-order valence-electron chi connectivity index (χ3n) is 2.48. The van der Waals surface area contributed by atoms with Crippen LogP contribution >= 0.6 is 0 Å². The van der Waals surface area contributed by atoms with Gasteiger partial charge in [0.05, 0.1) is 0 Å². The van der Waals surface area contributed by atoms with Crippen LogP contribution in [0.4, 0.5) is 10.5 Å². The largest absolute Gasteiger partial charge is 0.488 e. The van der Waals surface area contributed by atoms with Gasteiger partial charge in [0.25, 0.3) is 0 Å². The second kappa shape index (κ2) is 7.14. The van der Waals surface area contributed by atoms with Crippen LogP contribution in [0.1, 0.15) is 34.1 Å². The van der Waals surface area contributed by atoms with E-state index in [2.05, 4.69) is 10.6 Å². The lowest BCUT2D eigenvalue weighted by molar-refractivity contribution is 0.131. The van der Waals surface area contributed by atoms with Gasteiger partial charge in [-0.2, -0.15) is 0 Å². The Morgan fingerprint density at radius 2 is 1.90 bits per heavy atom. The number of carbonyl (C=O) groups is 1. The first-order valence-corrected chi connectivity index (χ1v) is 6.77. The van der Waals surface area contributed by atoms with Gasteiger partial charge in [-0.15, -0.1) is 0 Å². The number of anilines is 1. The number of urea groups is 1. The summed E-state index contributed by atoms with van der Waals surface area (Å²) in [4.78, 5) is 11.7. The van der Waals surface area contributed by atoms with E-state index >= 15 is 0 Å². The van der Waals surface area contributed by atoms with Crippen molar-refractivity contribution in [3.63, 3.8) is 0 Å². The summed E-state index contributed by atoms with van der Waals surface area (Å²) in [5.74, 6) is 0.761. The van der Waals surface area contributed by atoms with Crippen LogP contribution in [0.5, 0.6) is 5.75 Å². The molecule has 0 aliphatic carbocycles. The molecule has 1 rings (SSSR count). The number of carbonyl (C=O) groups excluding carboxylic acids is 1. The lowest BCUT2D eigenvalue weighted by Gasteiger charge is -2.21. The highest BCUT2D eigenvalue weighted by Crippen LogP contribution is 2.20. The Kier molecular flexibility index (Phi) is 5.82. The number of ether oxygens (including phenoxy) is 1. The fourth-order valence-electron chi connectivity index (χ4n) is 1.62. The Morgan fingerprint density at radius 3 is 2.40 bits per heavy atom. The maximum Gasteiger partial charge on any atom is 0.319 e. The topological polar surface area (TPSA) is 70.6 Å². The Labute approximate surface area is 120 Å². The lowest BCUT2D eigenvalue weighted by Crippen LogP contribution is -2.36. The predicted molar refractivity (Wildman–Crippen MR) is 80.1 cm³/mol. The first-order valence-electron chi connectivity index (χ1n) is 6.77. The molecular weight excluding hydrogens is 256 g/mol. The minimum absolute atomic E-state index is 0.0558. The summed E-state index contributed by atoms with van der Waals surface area (Å²) >= 11 is 0. The minimum atomic E-state index is -0.282. The molecular formula is C15H24N2O3. The molecule has 0 aromatic heterocycles. The number of benzene rings is 1. The van der Waals surface area contributed by atoms with E-state index in [0.717, 1.165) is 5.75 Å². The molecule has 0 bridgehead atoms. The quantitative estimate of drug-likeness (QED) is 0.776. The molecule has 1 aromatic rings. The number of rotatable bonds is 5. The van der Waals surface area contributed by atoms with E-state index < -0.39 is 0 Å². The van der Waals surface area contributed by atoms with Crippen LogP contribution in [-0.2, 0) is 0 Å². The highest BCUT2D eigenvalue weighted by Gasteiger charge is 2.12. The third kappa shape index (κ3) is 6.43. The second-order valence-corrected chi connectivity index (χ2v) is 5.75. The molecule has 112 valence electrons. The highest BCUT2D eigenvalue weighted by molar-refractivity contribution is 5.89. The zero-order chi connectivity index (χ0) is 15.2. The van der Waals surface area contributed by atoms with Gasteiger partial charge in [0.15, 0.2) is 0 Å². The monoisotopic (exact) mass is 280 g/mol. The maximum absolute atomic E-state index is 11.7. The summed E-state index contributed by atoms with van der Waals surface area (Å²) in [6.45, 7) is 7.84. The fourth-order valence-corrected chi connectivity index (χ4v) is 1.62. The van der Waals surface area contributed by atoms with Crippen molar-refractivity contribution in [2.24, 2.45) is 0 Å². The van der Waals surface area contributed by atoms with Gasteiger partial charge in [-0.1, -0.05) is 0 Å². The van der Waals surface area contributed by atoms with Crippen LogP contribution < -0.4 is 15.4 Å². The molecule has 0 unspecified atom stereocenters. The van der Waals surface area contributed by atoms with Crippen LogP contribution in [0.3, 0.4) is 0 Å². The van der Waals surface area contributed by atoms with E-state index in [0.29, 0.717) is 12.1 Å². The highest BCUT2D eigenvalue weighted by atomic mass is 16.5. The van der Waals surface area contributed by atoms with Gasteiger partial charge in [0.2, 0.25) is 0 Å². The molecule has 0 spiro atoms. The molecule has 5 heteroatoms. The van der Waals surface area contributed by atoms with Crippen molar-refractivity contribution in [2.45, 2.75) is 45.8 Å².